The second kappa shape index (κ2) is 11.3. The number of carbonyl (C=O) groups is 3. The minimum Gasteiger partial charge on any atom is -0.491 e. The number of nitrogens with zero attached hydrogens (tertiary/aromatic N) is 5. The fourth-order valence-corrected chi connectivity index (χ4v) is 6.80. The van der Waals surface area contributed by atoms with Crippen molar-refractivity contribution in [3.05, 3.63) is 41.6 Å². The number of imidazole rings is 1. The van der Waals surface area contributed by atoms with Gasteiger partial charge in [-0.1, -0.05) is 12.1 Å². The van der Waals surface area contributed by atoms with E-state index in [0.29, 0.717) is 60.2 Å². The van der Waals surface area contributed by atoms with E-state index >= 15 is 0 Å². The minimum absolute atomic E-state index is 0.0434. The molecule has 2 fully saturated rings. The number of amides is 3. The number of aromatic nitrogens is 4. The molecule has 242 valence electrons. The molecule has 12 nitrogen and oxygen atoms in total. The Morgan fingerprint density at radius 1 is 1.24 bits per heavy atom. The fraction of sp³-hybridized carbons (Fsp3) is 0.485. The number of hydrogen-bond donors (Lipinski definition) is 3. The molecule has 3 aromatic heterocycles. The van der Waals surface area contributed by atoms with Crippen LogP contribution in [0.5, 0.6) is 5.75 Å². The van der Waals surface area contributed by atoms with Gasteiger partial charge in [-0.05, 0) is 50.8 Å². The van der Waals surface area contributed by atoms with Crippen LogP contribution in [0.25, 0.3) is 33.6 Å². The van der Waals surface area contributed by atoms with E-state index in [1.807, 2.05) is 37.6 Å². The molecule has 1 saturated carbocycles. The maximum atomic E-state index is 13.5. The van der Waals surface area contributed by atoms with Crippen LogP contribution in [-0.2, 0) is 24.8 Å². The second-order valence-corrected chi connectivity index (χ2v) is 13.4. The van der Waals surface area contributed by atoms with Crippen molar-refractivity contribution in [2.45, 2.75) is 57.7 Å². The van der Waals surface area contributed by atoms with Crippen molar-refractivity contribution in [3.8, 4) is 17.3 Å². The van der Waals surface area contributed by atoms with E-state index in [4.69, 9.17) is 19.8 Å². The van der Waals surface area contributed by atoms with E-state index < -0.39 is 18.8 Å². The molecular weight excluding hydrogens is 593 g/mol. The molecule has 1 saturated heterocycles. The number of pyridine rings is 1. The van der Waals surface area contributed by atoms with Crippen molar-refractivity contribution in [2.24, 2.45) is 18.9 Å². The molecule has 4 aromatic rings. The van der Waals surface area contributed by atoms with E-state index in [1.54, 1.807) is 6.07 Å². The number of carbonyl (C=O) groups excluding carboxylic acids is 2. The summed E-state index contributed by atoms with van der Waals surface area (Å²) in [5, 5.41) is 15.2. The Bertz CT molecular complexity index is 1880. The molecule has 3 aliphatic rings. The Morgan fingerprint density at radius 3 is 2.74 bits per heavy atom. The zero-order valence-corrected chi connectivity index (χ0v) is 26.2. The standard InChI is InChI=1S/C33H38FN7O5/c1-33(2)20(12-27(42)38-33)17-46-26-6-4-5-19-11-25(41(28(19)26)15-18-7-8-18)30-37-24-13-22-23(36-29(24)39(30)3)9-10-40(31(22)43)16-21(14-34)35-32(44)45/h4-6,11,13,18,20-21,35H,7-10,12,14-17H2,1-3H3,(H,38,42)(H,44,45)/t20?,21-/m1/s1. The smallest absolute Gasteiger partial charge is 0.405 e. The summed E-state index contributed by atoms with van der Waals surface area (Å²) < 4.78 is 24.2. The van der Waals surface area contributed by atoms with Gasteiger partial charge in [-0.15, -0.1) is 0 Å². The number of para-hydroxylation sites is 1. The SMILES string of the molecule is Cn1c(-c2cc3cccc(OCC4CC(=O)NC4(C)C)c3n2CC2CC2)nc2cc3c(nc21)CCN(C[C@@H](CF)NC(=O)O)C3=O. The Hall–Kier alpha value is -4.68. The fourth-order valence-electron chi connectivity index (χ4n) is 6.80. The average Bonchev–Trinajstić information content (AvgIpc) is 3.59. The van der Waals surface area contributed by atoms with Gasteiger partial charge < -0.3 is 34.5 Å². The largest absolute Gasteiger partial charge is 0.491 e. The number of carboxylic acid groups (broad SMARTS) is 1. The molecule has 0 spiro atoms. The number of halogens is 1. The van der Waals surface area contributed by atoms with Crippen molar-refractivity contribution in [3.63, 3.8) is 0 Å². The van der Waals surface area contributed by atoms with Crippen LogP contribution >= 0.6 is 0 Å². The Balaban J connectivity index is 1.24. The summed E-state index contributed by atoms with van der Waals surface area (Å²) >= 11 is 0. The zero-order valence-electron chi connectivity index (χ0n) is 26.2. The summed E-state index contributed by atoms with van der Waals surface area (Å²) in [7, 11) is 1.92. The van der Waals surface area contributed by atoms with Crippen LogP contribution in [0.1, 0.15) is 49.2 Å². The monoisotopic (exact) mass is 631 g/mol. The highest BCUT2D eigenvalue weighted by Crippen LogP contribution is 2.40. The lowest BCUT2D eigenvalue weighted by Gasteiger charge is -2.30. The molecule has 3 amide bonds. The van der Waals surface area contributed by atoms with Crippen molar-refractivity contribution >= 4 is 40.0 Å². The Kier molecular flexibility index (Phi) is 7.36. The Morgan fingerprint density at radius 2 is 2.04 bits per heavy atom. The molecular formula is C33H38FN7O5. The van der Waals surface area contributed by atoms with Crippen LogP contribution in [0.3, 0.4) is 0 Å². The van der Waals surface area contributed by atoms with Gasteiger partial charge in [-0.2, -0.15) is 0 Å². The first-order valence-electron chi connectivity index (χ1n) is 15.8. The molecule has 0 bridgehead atoms. The van der Waals surface area contributed by atoms with Gasteiger partial charge in [-0.25, -0.2) is 19.2 Å². The highest BCUT2D eigenvalue weighted by atomic mass is 19.1. The van der Waals surface area contributed by atoms with E-state index in [2.05, 4.69) is 27.3 Å². The third-order valence-corrected chi connectivity index (χ3v) is 9.62. The van der Waals surface area contributed by atoms with Crippen LogP contribution in [0.2, 0.25) is 0 Å². The number of ether oxygens (including phenoxy) is 1. The molecule has 2 atom stereocenters. The lowest BCUT2D eigenvalue weighted by Crippen LogP contribution is -2.48. The average molecular weight is 632 g/mol. The van der Waals surface area contributed by atoms with Crippen molar-refractivity contribution in [1.29, 1.82) is 0 Å². The summed E-state index contributed by atoms with van der Waals surface area (Å²) in [5.41, 5.74) is 3.84. The number of nitrogens with one attached hydrogen (secondary N) is 2. The van der Waals surface area contributed by atoms with Gasteiger partial charge in [0, 0.05) is 56.4 Å². The van der Waals surface area contributed by atoms with Crippen LogP contribution in [-0.4, -0.2) is 85.0 Å². The minimum atomic E-state index is -1.33. The van der Waals surface area contributed by atoms with Gasteiger partial charge in [0.2, 0.25) is 5.91 Å². The van der Waals surface area contributed by atoms with E-state index in [1.165, 1.54) is 4.90 Å². The van der Waals surface area contributed by atoms with Crippen LogP contribution in [0.4, 0.5) is 9.18 Å². The molecule has 2 aliphatic heterocycles. The summed E-state index contributed by atoms with van der Waals surface area (Å²) in [5.74, 6) is 1.81. The first kappa shape index (κ1) is 30.0. The van der Waals surface area contributed by atoms with Crippen LogP contribution in [0, 0.1) is 11.8 Å². The molecule has 7 rings (SSSR count). The van der Waals surface area contributed by atoms with Gasteiger partial charge in [0.05, 0.1) is 35.1 Å². The zero-order chi connectivity index (χ0) is 32.3. The first-order valence-corrected chi connectivity index (χ1v) is 15.8. The predicted molar refractivity (Wildman–Crippen MR) is 169 cm³/mol. The first-order chi connectivity index (χ1) is 22.0. The molecule has 13 heteroatoms. The number of hydrogen-bond acceptors (Lipinski definition) is 6. The number of rotatable bonds is 10. The second-order valence-electron chi connectivity index (χ2n) is 13.4. The summed E-state index contributed by atoms with van der Waals surface area (Å²) in [6, 6.07) is 8.88. The van der Waals surface area contributed by atoms with Gasteiger partial charge in [0.15, 0.2) is 11.5 Å². The molecule has 5 heterocycles. The summed E-state index contributed by atoms with van der Waals surface area (Å²) in [4.78, 5) is 47.9. The van der Waals surface area contributed by atoms with E-state index in [9.17, 15) is 18.8 Å². The van der Waals surface area contributed by atoms with E-state index in [0.717, 1.165) is 41.7 Å². The lowest BCUT2D eigenvalue weighted by atomic mass is 9.90. The molecule has 46 heavy (non-hydrogen) atoms. The Labute approximate surface area is 264 Å². The van der Waals surface area contributed by atoms with Gasteiger partial charge >= 0.3 is 6.09 Å². The number of aryl methyl sites for hydroxylation is 1. The van der Waals surface area contributed by atoms with E-state index in [-0.39, 0.29) is 29.8 Å². The number of benzene rings is 1. The van der Waals surface area contributed by atoms with Gasteiger partial charge in [-0.3, -0.25) is 9.59 Å². The van der Waals surface area contributed by atoms with Gasteiger partial charge in [0.25, 0.3) is 5.91 Å². The van der Waals surface area contributed by atoms with Crippen molar-refractivity contribution < 1.29 is 28.6 Å². The quantitative estimate of drug-likeness (QED) is 0.241. The predicted octanol–water partition coefficient (Wildman–Crippen LogP) is 3.90. The summed E-state index contributed by atoms with van der Waals surface area (Å²) in [6.07, 6.45) is 1.89. The van der Waals surface area contributed by atoms with Crippen LogP contribution in [0.15, 0.2) is 30.3 Å². The maximum absolute atomic E-state index is 13.5. The third-order valence-electron chi connectivity index (χ3n) is 9.62. The van der Waals surface area contributed by atoms with Crippen LogP contribution < -0.4 is 15.4 Å². The number of alkyl halides is 1. The summed E-state index contributed by atoms with van der Waals surface area (Å²) in [6.45, 7) is 4.62. The van der Waals surface area contributed by atoms with Crippen molar-refractivity contribution in [1.82, 2.24) is 34.6 Å². The lowest BCUT2D eigenvalue weighted by molar-refractivity contribution is -0.119. The highest BCUT2D eigenvalue weighted by molar-refractivity contribution is 5.99. The molecule has 0 radical (unpaired) electrons. The topological polar surface area (TPSA) is 144 Å². The third kappa shape index (κ3) is 5.41. The molecule has 3 N–H and O–H groups in total. The highest BCUT2D eigenvalue weighted by Gasteiger charge is 2.39. The number of fused-ring (bicyclic) bond motifs is 3. The maximum Gasteiger partial charge on any atom is 0.405 e. The molecule has 1 unspecified atom stereocenters. The molecule has 1 aliphatic carbocycles. The normalized spacial score (nSPS) is 19.8. The van der Waals surface area contributed by atoms with Crippen molar-refractivity contribution in [2.75, 3.05) is 26.4 Å². The van der Waals surface area contributed by atoms with Gasteiger partial charge in [0.1, 0.15) is 17.9 Å². The molecule has 1 aromatic carbocycles.